The highest BCUT2D eigenvalue weighted by Gasteiger charge is 2.19. The molecule has 2 heterocycles. The zero-order valence-corrected chi connectivity index (χ0v) is 12.7. The van der Waals surface area contributed by atoms with E-state index in [1.807, 2.05) is 36.0 Å². The van der Waals surface area contributed by atoms with Gasteiger partial charge in [0, 0.05) is 18.0 Å². The second-order valence-corrected chi connectivity index (χ2v) is 5.81. The molecular weight excluding hydrogens is 282 g/mol. The molecule has 2 aromatic rings. The Morgan fingerprint density at radius 2 is 2.41 bits per heavy atom. The number of hydrogen-bond acceptors (Lipinski definition) is 3. The van der Waals surface area contributed by atoms with Gasteiger partial charge in [-0.1, -0.05) is 12.1 Å². The minimum atomic E-state index is -0.994. The highest BCUT2D eigenvalue weighted by atomic mass is 16.5. The lowest BCUT2D eigenvalue weighted by Crippen LogP contribution is -2.32. The lowest BCUT2D eigenvalue weighted by molar-refractivity contribution is -0.0366. The highest BCUT2D eigenvalue weighted by molar-refractivity contribution is 5.82. The Hall–Kier alpha value is -2.08. The van der Waals surface area contributed by atoms with E-state index in [4.69, 9.17) is 9.84 Å². The number of ether oxygens (including phenoxy) is 1. The van der Waals surface area contributed by atoms with Gasteiger partial charge in [0.2, 0.25) is 0 Å². The number of nitrogens with one attached hydrogen (secondary N) is 1. The van der Waals surface area contributed by atoms with Crippen LogP contribution in [0.25, 0.3) is 10.9 Å². The number of hydrogen-bond donors (Lipinski definition) is 2. The van der Waals surface area contributed by atoms with E-state index in [2.05, 4.69) is 10.4 Å². The van der Waals surface area contributed by atoms with E-state index < -0.39 is 6.09 Å². The second-order valence-electron chi connectivity index (χ2n) is 5.81. The molecule has 1 aromatic heterocycles. The van der Waals surface area contributed by atoms with E-state index in [-0.39, 0.29) is 12.3 Å². The number of amides is 1. The van der Waals surface area contributed by atoms with Crippen molar-refractivity contribution >= 4 is 17.0 Å². The molecule has 1 saturated heterocycles. The van der Waals surface area contributed by atoms with Gasteiger partial charge < -0.3 is 15.2 Å². The first kappa shape index (κ1) is 14.8. The molecule has 1 aliphatic heterocycles. The Kier molecular flexibility index (Phi) is 4.29. The number of nitrogens with zero attached hydrogens (tertiary/aromatic N) is 2. The molecule has 22 heavy (non-hydrogen) atoms. The summed E-state index contributed by atoms with van der Waals surface area (Å²) in [6, 6.07) is 5.92. The van der Waals surface area contributed by atoms with E-state index in [0.717, 1.165) is 42.3 Å². The molecule has 1 aliphatic rings. The van der Waals surface area contributed by atoms with Crippen molar-refractivity contribution in [3.8, 4) is 0 Å². The lowest BCUT2D eigenvalue weighted by Gasteiger charge is -2.23. The summed E-state index contributed by atoms with van der Waals surface area (Å²) in [5.41, 5.74) is 2.15. The molecule has 6 heteroatoms. The fourth-order valence-electron chi connectivity index (χ4n) is 3.05. The fourth-order valence-corrected chi connectivity index (χ4v) is 3.05. The van der Waals surface area contributed by atoms with Gasteiger partial charge in [-0.25, -0.2) is 9.48 Å². The molecule has 1 fully saturated rings. The van der Waals surface area contributed by atoms with Crippen LogP contribution in [0.5, 0.6) is 0 Å². The van der Waals surface area contributed by atoms with Gasteiger partial charge in [-0.2, -0.15) is 5.10 Å². The summed E-state index contributed by atoms with van der Waals surface area (Å²) >= 11 is 0. The number of rotatable bonds is 4. The number of aromatic nitrogens is 2. The van der Waals surface area contributed by atoms with Crippen molar-refractivity contribution in [2.45, 2.75) is 44.9 Å². The number of fused-ring (bicyclic) bond motifs is 1. The zero-order chi connectivity index (χ0) is 15.5. The van der Waals surface area contributed by atoms with Crippen LogP contribution in [-0.2, 0) is 11.2 Å². The van der Waals surface area contributed by atoms with E-state index in [0.29, 0.717) is 6.42 Å². The van der Waals surface area contributed by atoms with Crippen LogP contribution in [0, 0.1) is 0 Å². The maximum atomic E-state index is 10.7. The predicted octanol–water partition coefficient (Wildman–Crippen LogP) is 2.93. The Labute approximate surface area is 129 Å². The van der Waals surface area contributed by atoms with E-state index >= 15 is 0 Å². The van der Waals surface area contributed by atoms with Gasteiger partial charge in [-0.05, 0) is 44.2 Å². The van der Waals surface area contributed by atoms with Gasteiger partial charge >= 0.3 is 6.09 Å². The summed E-state index contributed by atoms with van der Waals surface area (Å²) in [5.74, 6) is 0. The third-order valence-electron chi connectivity index (χ3n) is 4.06. The van der Waals surface area contributed by atoms with Crippen LogP contribution in [0.3, 0.4) is 0 Å². The smallest absolute Gasteiger partial charge is 0.404 e. The molecule has 0 aliphatic carbocycles. The zero-order valence-electron chi connectivity index (χ0n) is 12.7. The monoisotopic (exact) mass is 303 g/mol. The molecular formula is C16H21N3O3. The number of carbonyl (C=O) groups is 1. The molecule has 0 saturated carbocycles. The predicted molar refractivity (Wildman–Crippen MR) is 82.9 cm³/mol. The van der Waals surface area contributed by atoms with E-state index in [1.54, 1.807) is 0 Å². The summed E-state index contributed by atoms with van der Waals surface area (Å²) in [5, 5.41) is 16.9. The van der Waals surface area contributed by atoms with Gasteiger partial charge in [0.1, 0.15) is 0 Å². The largest absolute Gasteiger partial charge is 0.465 e. The van der Waals surface area contributed by atoms with E-state index in [9.17, 15) is 4.79 Å². The molecule has 2 atom stereocenters. The minimum absolute atomic E-state index is 0.0102. The second kappa shape index (κ2) is 6.36. The molecule has 0 spiro atoms. The molecule has 2 N–H and O–H groups in total. The van der Waals surface area contributed by atoms with Crippen LogP contribution < -0.4 is 5.32 Å². The first-order valence-electron chi connectivity index (χ1n) is 7.71. The van der Waals surface area contributed by atoms with Crippen molar-refractivity contribution in [2.75, 3.05) is 6.61 Å². The average Bonchev–Trinajstić information content (AvgIpc) is 2.92. The summed E-state index contributed by atoms with van der Waals surface area (Å²) in [6.07, 6.45) is 4.77. The Balaban J connectivity index is 1.86. The minimum Gasteiger partial charge on any atom is -0.465 e. The molecule has 0 bridgehead atoms. The maximum Gasteiger partial charge on any atom is 0.404 e. The van der Waals surface area contributed by atoms with Crippen molar-refractivity contribution in [2.24, 2.45) is 0 Å². The summed E-state index contributed by atoms with van der Waals surface area (Å²) in [6.45, 7) is 2.65. The Morgan fingerprint density at radius 3 is 3.14 bits per heavy atom. The van der Waals surface area contributed by atoms with Crippen molar-refractivity contribution in [3.05, 3.63) is 30.0 Å². The first-order valence-corrected chi connectivity index (χ1v) is 7.71. The standard InChI is InChI=1S/C16H21N3O3/c1-11(18-16(20)21)9-12-5-4-6-14-13(12)10-17-19(14)15-7-2-3-8-22-15/h4-6,10-11,15,18H,2-3,7-9H2,1H3,(H,20,21). The highest BCUT2D eigenvalue weighted by Crippen LogP contribution is 2.27. The topological polar surface area (TPSA) is 76.4 Å². The SMILES string of the molecule is CC(Cc1cccc2c1cnn2C1CCCCO1)NC(=O)O. The van der Waals surface area contributed by atoms with E-state index in [1.165, 1.54) is 0 Å². The summed E-state index contributed by atoms with van der Waals surface area (Å²) in [7, 11) is 0. The third-order valence-corrected chi connectivity index (χ3v) is 4.06. The summed E-state index contributed by atoms with van der Waals surface area (Å²) < 4.78 is 7.77. The Morgan fingerprint density at radius 1 is 1.55 bits per heavy atom. The van der Waals surface area contributed by atoms with Crippen molar-refractivity contribution in [1.29, 1.82) is 0 Å². The number of carboxylic acid groups (broad SMARTS) is 1. The van der Waals surface area contributed by atoms with Crippen LogP contribution in [0.1, 0.15) is 38.0 Å². The van der Waals surface area contributed by atoms with Gasteiger partial charge in [0.05, 0.1) is 11.7 Å². The van der Waals surface area contributed by atoms with Gasteiger partial charge in [-0.15, -0.1) is 0 Å². The van der Waals surface area contributed by atoms with Crippen LogP contribution in [0.2, 0.25) is 0 Å². The van der Waals surface area contributed by atoms with Crippen LogP contribution in [-0.4, -0.2) is 33.6 Å². The van der Waals surface area contributed by atoms with Gasteiger partial charge in [-0.3, -0.25) is 0 Å². The third kappa shape index (κ3) is 3.06. The van der Waals surface area contributed by atoms with Crippen LogP contribution in [0.4, 0.5) is 4.79 Å². The maximum absolute atomic E-state index is 10.7. The molecule has 1 aromatic carbocycles. The van der Waals surface area contributed by atoms with Gasteiger partial charge in [0.15, 0.2) is 6.23 Å². The van der Waals surface area contributed by atoms with Crippen molar-refractivity contribution in [1.82, 2.24) is 15.1 Å². The fraction of sp³-hybridized carbons (Fsp3) is 0.500. The van der Waals surface area contributed by atoms with Gasteiger partial charge in [0.25, 0.3) is 0 Å². The lowest BCUT2D eigenvalue weighted by atomic mass is 10.0. The molecule has 2 unspecified atom stereocenters. The number of benzene rings is 1. The van der Waals surface area contributed by atoms with Crippen molar-refractivity contribution in [3.63, 3.8) is 0 Å². The molecule has 3 rings (SSSR count). The summed E-state index contributed by atoms with van der Waals surface area (Å²) in [4.78, 5) is 10.7. The first-order chi connectivity index (χ1) is 10.6. The molecule has 1 amide bonds. The van der Waals surface area contributed by atoms with Crippen molar-refractivity contribution < 1.29 is 14.6 Å². The Bertz CT molecular complexity index is 662. The molecule has 6 nitrogen and oxygen atoms in total. The normalized spacial score (nSPS) is 20.0. The van der Waals surface area contributed by atoms with Crippen LogP contribution in [0.15, 0.2) is 24.4 Å². The quantitative estimate of drug-likeness (QED) is 0.910. The van der Waals surface area contributed by atoms with Crippen LogP contribution >= 0.6 is 0 Å². The molecule has 118 valence electrons. The average molecular weight is 303 g/mol. The molecule has 0 radical (unpaired) electrons.